The van der Waals surface area contributed by atoms with Gasteiger partial charge in [0.2, 0.25) is 11.8 Å². The van der Waals surface area contributed by atoms with Gasteiger partial charge in [-0.2, -0.15) is 0 Å². The molecule has 6 heteroatoms. The topological polar surface area (TPSA) is 75.4 Å². The summed E-state index contributed by atoms with van der Waals surface area (Å²) in [7, 11) is 1.74. The lowest BCUT2D eigenvalue weighted by Crippen LogP contribution is -2.32. The van der Waals surface area contributed by atoms with Crippen molar-refractivity contribution in [3.8, 4) is 0 Å². The van der Waals surface area contributed by atoms with E-state index in [1.165, 1.54) is 0 Å². The van der Waals surface area contributed by atoms with Gasteiger partial charge >= 0.3 is 0 Å². The number of carbonyl (C=O) groups is 2. The Morgan fingerprint density at radius 1 is 1.42 bits per heavy atom. The number of nitrogens with one attached hydrogen (secondary N) is 1. The molecule has 1 aliphatic heterocycles. The van der Waals surface area contributed by atoms with Crippen molar-refractivity contribution in [1.29, 1.82) is 0 Å². The molecule has 6 nitrogen and oxygen atoms in total. The minimum Gasteiger partial charge on any atom is -0.361 e. The van der Waals surface area contributed by atoms with E-state index in [1.807, 2.05) is 37.3 Å². The summed E-state index contributed by atoms with van der Waals surface area (Å²) in [6, 6.07) is 9.61. The number of hydrogen-bond donors (Lipinski definition) is 1. The molecule has 24 heavy (non-hydrogen) atoms. The first-order chi connectivity index (χ1) is 11.5. The van der Waals surface area contributed by atoms with Crippen molar-refractivity contribution in [2.45, 2.75) is 32.7 Å². The van der Waals surface area contributed by atoms with Crippen LogP contribution in [0.2, 0.25) is 0 Å². The van der Waals surface area contributed by atoms with Gasteiger partial charge in [0.15, 0.2) is 0 Å². The smallest absolute Gasteiger partial charge is 0.227 e. The summed E-state index contributed by atoms with van der Waals surface area (Å²) in [4.78, 5) is 26.1. The molecule has 3 rings (SSSR count). The standard InChI is InChI=1S/C18H21N3O3/c1-12-9-15(20-24-12)11-21(2)17(22)8-7-14-10-13-5-3-4-6-16(13)19-18(14)23/h3-6,9,14H,7-8,10-11H2,1-2H3,(H,19,23)/t14-/m1/s1. The minimum absolute atomic E-state index is 0.00214. The second kappa shape index (κ2) is 6.86. The minimum atomic E-state index is -0.161. The molecule has 0 bridgehead atoms. The molecule has 0 spiro atoms. The maximum atomic E-state index is 12.3. The Morgan fingerprint density at radius 3 is 2.96 bits per heavy atom. The summed E-state index contributed by atoms with van der Waals surface area (Å²) in [5.74, 6) is 0.563. The second-order valence-electron chi connectivity index (χ2n) is 6.26. The van der Waals surface area contributed by atoms with E-state index >= 15 is 0 Å². The van der Waals surface area contributed by atoms with Crippen molar-refractivity contribution in [2.24, 2.45) is 5.92 Å². The average Bonchev–Trinajstić information content (AvgIpc) is 2.97. The lowest BCUT2D eigenvalue weighted by Gasteiger charge is -2.25. The lowest BCUT2D eigenvalue weighted by molar-refractivity contribution is -0.131. The predicted molar refractivity (Wildman–Crippen MR) is 89.2 cm³/mol. The Bertz CT molecular complexity index is 753. The van der Waals surface area contributed by atoms with Gasteiger partial charge in [0.1, 0.15) is 11.5 Å². The van der Waals surface area contributed by atoms with Gasteiger partial charge in [0.25, 0.3) is 0 Å². The number of carbonyl (C=O) groups excluding carboxylic acids is 2. The maximum absolute atomic E-state index is 12.3. The van der Waals surface area contributed by atoms with Crippen LogP contribution in [0.5, 0.6) is 0 Å². The Balaban J connectivity index is 1.53. The first-order valence-corrected chi connectivity index (χ1v) is 8.08. The van der Waals surface area contributed by atoms with E-state index < -0.39 is 0 Å². The van der Waals surface area contributed by atoms with Gasteiger partial charge in [-0.3, -0.25) is 9.59 Å². The first-order valence-electron chi connectivity index (χ1n) is 8.08. The highest BCUT2D eigenvalue weighted by Gasteiger charge is 2.26. The number of hydrogen-bond acceptors (Lipinski definition) is 4. The molecule has 1 aliphatic rings. The van der Waals surface area contributed by atoms with Crippen LogP contribution in [0, 0.1) is 12.8 Å². The quantitative estimate of drug-likeness (QED) is 0.915. The van der Waals surface area contributed by atoms with Gasteiger partial charge in [0, 0.05) is 31.1 Å². The largest absolute Gasteiger partial charge is 0.361 e. The van der Waals surface area contributed by atoms with Gasteiger partial charge in [-0.05, 0) is 31.4 Å². The molecular formula is C18H21N3O3. The third-order valence-electron chi connectivity index (χ3n) is 4.32. The molecule has 2 aromatic rings. The number of nitrogens with zero attached hydrogens (tertiary/aromatic N) is 2. The summed E-state index contributed by atoms with van der Waals surface area (Å²) in [5.41, 5.74) is 2.73. The number of anilines is 1. The van der Waals surface area contributed by atoms with Crippen LogP contribution in [0.15, 0.2) is 34.9 Å². The van der Waals surface area contributed by atoms with E-state index in [0.717, 1.165) is 22.7 Å². The number of para-hydroxylation sites is 1. The van der Waals surface area contributed by atoms with E-state index in [-0.39, 0.29) is 17.7 Å². The third-order valence-corrected chi connectivity index (χ3v) is 4.32. The zero-order chi connectivity index (χ0) is 17.1. The number of benzene rings is 1. The van der Waals surface area contributed by atoms with E-state index in [1.54, 1.807) is 11.9 Å². The van der Waals surface area contributed by atoms with Gasteiger partial charge in [-0.1, -0.05) is 23.4 Å². The molecule has 1 aromatic heterocycles. The molecule has 126 valence electrons. The molecule has 0 saturated heterocycles. The molecule has 0 aliphatic carbocycles. The first kappa shape index (κ1) is 16.2. The fourth-order valence-corrected chi connectivity index (χ4v) is 2.96. The molecule has 0 radical (unpaired) electrons. The lowest BCUT2D eigenvalue weighted by atomic mass is 9.89. The number of fused-ring (bicyclic) bond motifs is 1. The van der Waals surface area contributed by atoms with Crippen LogP contribution in [-0.4, -0.2) is 28.9 Å². The highest BCUT2D eigenvalue weighted by Crippen LogP contribution is 2.27. The SMILES string of the molecule is Cc1cc(CN(C)C(=O)CC[C@@H]2Cc3ccccc3NC2=O)no1. The van der Waals surface area contributed by atoms with Crippen LogP contribution in [-0.2, 0) is 22.6 Å². The van der Waals surface area contributed by atoms with E-state index in [9.17, 15) is 9.59 Å². The Kier molecular flexibility index (Phi) is 4.64. The van der Waals surface area contributed by atoms with Crippen LogP contribution in [0.3, 0.4) is 0 Å². The maximum Gasteiger partial charge on any atom is 0.227 e. The fourth-order valence-electron chi connectivity index (χ4n) is 2.96. The molecule has 2 heterocycles. The van der Waals surface area contributed by atoms with Crippen molar-refractivity contribution < 1.29 is 14.1 Å². The summed E-state index contributed by atoms with van der Waals surface area (Å²) in [6.45, 7) is 2.23. The molecule has 1 atom stereocenters. The van der Waals surface area contributed by atoms with Crippen LogP contribution in [0.1, 0.15) is 29.9 Å². The molecule has 0 unspecified atom stereocenters. The summed E-state index contributed by atoms with van der Waals surface area (Å²) in [6.07, 6.45) is 1.57. The summed E-state index contributed by atoms with van der Waals surface area (Å²) >= 11 is 0. The number of rotatable bonds is 5. The Labute approximate surface area is 140 Å². The monoisotopic (exact) mass is 327 g/mol. The molecule has 1 N–H and O–H groups in total. The highest BCUT2D eigenvalue weighted by molar-refractivity contribution is 5.96. The van der Waals surface area contributed by atoms with Crippen molar-refractivity contribution >= 4 is 17.5 Å². The predicted octanol–water partition coefficient (Wildman–Crippen LogP) is 2.53. The van der Waals surface area contributed by atoms with Gasteiger partial charge < -0.3 is 14.7 Å². The van der Waals surface area contributed by atoms with Crippen LogP contribution in [0.4, 0.5) is 5.69 Å². The van der Waals surface area contributed by atoms with E-state index in [0.29, 0.717) is 25.8 Å². The zero-order valence-electron chi connectivity index (χ0n) is 13.9. The van der Waals surface area contributed by atoms with Gasteiger partial charge in [-0.15, -0.1) is 0 Å². The molecular weight excluding hydrogens is 306 g/mol. The second-order valence-corrected chi connectivity index (χ2v) is 6.26. The van der Waals surface area contributed by atoms with Crippen molar-refractivity contribution in [3.63, 3.8) is 0 Å². The summed E-state index contributed by atoms with van der Waals surface area (Å²) in [5, 5.41) is 6.81. The normalized spacial score (nSPS) is 16.4. The van der Waals surface area contributed by atoms with E-state index in [4.69, 9.17) is 4.52 Å². The summed E-state index contributed by atoms with van der Waals surface area (Å²) < 4.78 is 5.01. The van der Waals surface area contributed by atoms with Crippen molar-refractivity contribution in [2.75, 3.05) is 12.4 Å². The third kappa shape index (κ3) is 3.64. The number of amides is 2. The molecule has 0 fully saturated rings. The van der Waals surface area contributed by atoms with E-state index in [2.05, 4.69) is 10.5 Å². The number of aryl methyl sites for hydroxylation is 1. The molecule has 0 saturated carbocycles. The van der Waals surface area contributed by atoms with Gasteiger partial charge in [0.05, 0.1) is 6.54 Å². The number of aromatic nitrogens is 1. The fraction of sp³-hybridized carbons (Fsp3) is 0.389. The zero-order valence-corrected chi connectivity index (χ0v) is 13.9. The highest BCUT2D eigenvalue weighted by atomic mass is 16.5. The van der Waals surface area contributed by atoms with Crippen LogP contribution < -0.4 is 5.32 Å². The van der Waals surface area contributed by atoms with Crippen LogP contribution in [0.25, 0.3) is 0 Å². The average molecular weight is 327 g/mol. The molecule has 2 amide bonds. The Morgan fingerprint density at radius 2 is 2.21 bits per heavy atom. The van der Waals surface area contributed by atoms with Crippen LogP contribution >= 0.6 is 0 Å². The van der Waals surface area contributed by atoms with Crippen molar-refractivity contribution in [1.82, 2.24) is 10.1 Å². The van der Waals surface area contributed by atoms with Crippen molar-refractivity contribution in [3.05, 3.63) is 47.3 Å². The van der Waals surface area contributed by atoms with Gasteiger partial charge in [-0.25, -0.2) is 0 Å². The molecule has 1 aromatic carbocycles. The Hall–Kier alpha value is -2.63.